The van der Waals surface area contributed by atoms with Crippen molar-refractivity contribution in [2.45, 2.75) is 33.2 Å². The van der Waals surface area contributed by atoms with E-state index < -0.39 is 0 Å². The zero-order valence-electron chi connectivity index (χ0n) is 12.1. The van der Waals surface area contributed by atoms with Crippen LogP contribution in [0, 0.1) is 5.92 Å². The van der Waals surface area contributed by atoms with Crippen molar-refractivity contribution in [3.8, 4) is 0 Å². The maximum absolute atomic E-state index is 3.57. The van der Waals surface area contributed by atoms with E-state index in [4.69, 9.17) is 0 Å². The van der Waals surface area contributed by atoms with Gasteiger partial charge in [-0.05, 0) is 44.0 Å². The number of hydrogen-bond donors (Lipinski definition) is 1. The second-order valence-electron chi connectivity index (χ2n) is 5.32. The van der Waals surface area contributed by atoms with Crippen molar-refractivity contribution in [3.63, 3.8) is 0 Å². The molecule has 102 valence electrons. The lowest BCUT2D eigenvalue weighted by Gasteiger charge is -2.26. The number of nitrogens with zero attached hydrogens (tertiary/aromatic N) is 1. The van der Waals surface area contributed by atoms with Crippen molar-refractivity contribution in [1.29, 1.82) is 0 Å². The molecule has 1 N–H and O–H groups in total. The third-order valence-electron chi connectivity index (χ3n) is 3.35. The Morgan fingerprint density at radius 2 is 1.94 bits per heavy atom. The highest BCUT2D eigenvalue weighted by atomic mass is 79.9. The van der Waals surface area contributed by atoms with Crippen molar-refractivity contribution >= 4 is 21.6 Å². The van der Waals surface area contributed by atoms with E-state index in [0.29, 0.717) is 6.04 Å². The molecule has 0 aliphatic carbocycles. The van der Waals surface area contributed by atoms with Gasteiger partial charge in [-0.2, -0.15) is 0 Å². The van der Waals surface area contributed by atoms with Gasteiger partial charge in [0, 0.05) is 29.8 Å². The zero-order chi connectivity index (χ0) is 13.7. The highest BCUT2D eigenvalue weighted by Gasteiger charge is 2.13. The fourth-order valence-corrected chi connectivity index (χ4v) is 2.29. The van der Waals surface area contributed by atoms with Gasteiger partial charge >= 0.3 is 0 Å². The topological polar surface area (TPSA) is 15.3 Å². The summed E-state index contributed by atoms with van der Waals surface area (Å²) in [5.41, 5.74) is 2.67. The third-order valence-corrected chi connectivity index (χ3v) is 3.84. The van der Waals surface area contributed by atoms with Crippen molar-refractivity contribution in [2.75, 3.05) is 25.5 Å². The Hall–Kier alpha value is -0.540. The molecule has 1 atom stereocenters. The van der Waals surface area contributed by atoms with E-state index in [1.165, 1.54) is 17.7 Å². The van der Waals surface area contributed by atoms with Gasteiger partial charge in [0.1, 0.15) is 0 Å². The molecule has 1 aromatic rings. The summed E-state index contributed by atoms with van der Waals surface area (Å²) >= 11 is 3.57. The van der Waals surface area contributed by atoms with E-state index in [1.807, 2.05) is 7.05 Å². The summed E-state index contributed by atoms with van der Waals surface area (Å²) in [6.07, 6.45) is 1.22. The first-order valence-corrected chi connectivity index (χ1v) is 7.42. The molecule has 0 aliphatic heterocycles. The van der Waals surface area contributed by atoms with Crippen LogP contribution in [0.15, 0.2) is 22.7 Å². The number of rotatable bonds is 6. The van der Waals surface area contributed by atoms with Crippen molar-refractivity contribution in [3.05, 3.63) is 28.2 Å². The third kappa shape index (κ3) is 4.29. The van der Waals surface area contributed by atoms with Gasteiger partial charge in [-0.25, -0.2) is 0 Å². The smallest absolute Gasteiger partial charge is 0.0423 e. The SMILES string of the molecule is CNC(C)c1ccc(Br)cc1N(C)CCC(C)C. The number of nitrogens with one attached hydrogen (secondary N) is 1. The number of benzene rings is 1. The second-order valence-corrected chi connectivity index (χ2v) is 6.23. The molecule has 1 aromatic carbocycles. The summed E-state index contributed by atoms with van der Waals surface area (Å²) in [5.74, 6) is 0.741. The van der Waals surface area contributed by atoms with Crippen LogP contribution in [0.4, 0.5) is 5.69 Å². The fourth-order valence-electron chi connectivity index (χ4n) is 1.94. The van der Waals surface area contributed by atoms with Gasteiger partial charge in [0.25, 0.3) is 0 Å². The molecule has 18 heavy (non-hydrogen) atoms. The Kier molecular flexibility index (Phi) is 6.16. The Morgan fingerprint density at radius 3 is 2.50 bits per heavy atom. The molecule has 0 bridgehead atoms. The molecule has 0 aromatic heterocycles. The van der Waals surface area contributed by atoms with Crippen molar-refractivity contribution in [1.82, 2.24) is 5.32 Å². The van der Waals surface area contributed by atoms with E-state index in [0.717, 1.165) is 16.9 Å². The summed E-state index contributed by atoms with van der Waals surface area (Å²) in [6, 6.07) is 6.90. The predicted octanol–water partition coefficient (Wildman–Crippen LogP) is 4.21. The highest BCUT2D eigenvalue weighted by Crippen LogP contribution is 2.29. The van der Waals surface area contributed by atoms with Crippen LogP contribution in [0.2, 0.25) is 0 Å². The summed E-state index contributed by atoms with van der Waals surface area (Å²) in [6.45, 7) is 7.83. The summed E-state index contributed by atoms with van der Waals surface area (Å²) in [4.78, 5) is 2.36. The number of halogens is 1. The second kappa shape index (κ2) is 7.15. The number of anilines is 1. The molecule has 0 saturated heterocycles. The van der Waals surface area contributed by atoms with E-state index in [9.17, 15) is 0 Å². The van der Waals surface area contributed by atoms with Gasteiger partial charge < -0.3 is 10.2 Å². The molecule has 0 saturated carbocycles. The van der Waals surface area contributed by atoms with Gasteiger partial charge in [-0.15, -0.1) is 0 Å². The van der Waals surface area contributed by atoms with Gasteiger partial charge in [0.05, 0.1) is 0 Å². The first kappa shape index (κ1) is 15.5. The monoisotopic (exact) mass is 312 g/mol. The Bertz CT molecular complexity index is 377. The van der Waals surface area contributed by atoms with E-state index in [2.05, 4.69) is 72.2 Å². The van der Waals surface area contributed by atoms with Gasteiger partial charge in [-0.3, -0.25) is 0 Å². The molecule has 0 heterocycles. The van der Waals surface area contributed by atoms with Crippen molar-refractivity contribution in [2.24, 2.45) is 5.92 Å². The van der Waals surface area contributed by atoms with Crippen LogP contribution in [-0.4, -0.2) is 20.6 Å². The molecule has 0 fully saturated rings. The van der Waals surface area contributed by atoms with Crippen LogP contribution in [0.25, 0.3) is 0 Å². The van der Waals surface area contributed by atoms with Crippen LogP contribution >= 0.6 is 15.9 Å². The minimum atomic E-state index is 0.370. The lowest BCUT2D eigenvalue weighted by Crippen LogP contribution is -2.23. The van der Waals surface area contributed by atoms with Crippen LogP contribution < -0.4 is 10.2 Å². The molecule has 1 rings (SSSR count). The van der Waals surface area contributed by atoms with Crippen LogP contribution in [0.1, 0.15) is 38.8 Å². The Balaban J connectivity index is 2.93. The standard InChI is InChI=1S/C15H25BrN2/c1-11(2)8-9-18(5)15-10-13(16)6-7-14(15)12(3)17-4/h6-7,10-12,17H,8-9H2,1-5H3. The van der Waals surface area contributed by atoms with Crippen molar-refractivity contribution < 1.29 is 0 Å². The quantitative estimate of drug-likeness (QED) is 0.846. The molecule has 0 radical (unpaired) electrons. The summed E-state index contributed by atoms with van der Waals surface area (Å²) in [7, 11) is 4.18. The van der Waals surface area contributed by atoms with Gasteiger partial charge in [0.2, 0.25) is 0 Å². The van der Waals surface area contributed by atoms with Crippen LogP contribution in [0.5, 0.6) is 0 Å². The highest BCUT2D eigenvalue weighted by molar-refractivity contribution is 9.10. The first-order chi connectivity index (χ1) is 8.45. The fraction of sp³-hybridized carbons (Fsp3) is 0.600. The molecule has 0 aliphatic rings. The molecule has 3 heteroatoms. The molecule has 1 unspecified atom stereocenters. The molecule has 0 spiro atoms. The lowest BCUT2D eigenvalue weighted by molar-refractivity contribution is 0.582. The molecular formula is C15H25BrN2. The largest absolute Gasteiger partial charge is 0.374 e. The van der Waals surface area contributed by atoms with Crippen LogP contribution in [0.3, 0.4) is 0 Å². The minimum Gasteiger partial charge on any atom is -0.374 e. The van der Waals surface area contributed by atoms with E-state index in [-0.39, 0.29) is 0 Å². The van der Waals surface area contributed by atoms with Crippen LogP contribution in [-0.2, 0) is 0 Å². The van der Waals surface area contributed by atoms with E-state index >= 15 is 0 Å². The maximum Gasteiger partial charge on any atom is 0.0423 e. The average Bonchev–Trinajstić information content (AvgIpc) is 2.34. The maximum atomic E-state index is 3.57. The van der Waals surface area contributed by atoms with Gasteiger partial charge in [-0.1, -0.05) is 35.8 Å². The molecular weight excluding hydrogens is 288 g/mol. The van der Waals surface area contributed by atoms with E-state index in [1.54, 1.807) is 0 Å². The predicted molar refractivity (Wildman–Crippen MR) is 84.3 cm³/mol. The minimum absolute atomic E-state index is 0.370. The molecule has 2 nitrogen and oxygen atoms in total. The van der Waals surface area contributed by atoms with Gasteiger partial charge in [0.15, 0.2) is 0 Å². The molecule has 0 amide bonds. The zero-order valence-corrected chi connectivity index (χ0v) is 13.7. The Labute approximate surface area is 120 Å². The summed E-state index contributed by atoms with van der Waals surface area (Å²) < 4.78 is 1.14. The first-order valence-electron chi connectivity index (χ1n) is 6.63. The Morgan fingerprint density at radius 1 is 1.28 bits per heavy atom. The normalized spacial score (nSPS) is 12.8. The summed E-state index contributed by atoms with van der Waals surface area (Å²) in [5, 5.41) is 3.32. The lowest BCUT2D eigenvalue weighted by atomic mass is 10.0. The number of hydrogen-bond acceptors (Lipinski definition) is 2. The average molecular weight is 313 g/mol.